The number of aromatic nitrogens is 1. The highest BCUT2D eigenvalue weighted by molar-refractivity contribution is 6.03. The predicted molar refractivity (Wildman–Crippen MR) is 155 cm³/mol. The summed E-state index contributed by atoms with van der Waals surface area (Å²) in [5, 5.41) is 4.60. The van der Waals surface area contributed by atoms with E-state index >= 15 is 0 Å². The fraction of sp³-hybridized carbons (Fsp3) is 0. The summed E-state index contributed by atoms with van der Waals surface area (Å²) < 4.78 is 8.91. The molecule has 0 spiro atoms. The molecular weight excluding hydrogens is 452 g/mol. The van der Waals surface area contributed by atoms with E-state index in [0.29, 0.717) is 0 Å². The number of benzene rings is 4. The van der Waals surface area contributed by atoms with Gasteiger partial charge >= 0.3 is 0 Å². The molecule has 1 aromatic heterocycles. The van der Waals surface area contributed by atoms with Crippen LogP contribution in [0.3, 0.4) is 0 Å². The third kappa shape index (κ3) is 3.36. The highest BCUT2D eigenvalue weighted by Crippen LogP contribution is 2.45. The van der Waals surface area contributed by atoms with Gasteiger partial charge in [0.2, 0.25) is 5.88 Å². The highest BCUT2D eigenvalue weighted by Gasteiger charge is 2.24. The largest absolute Gasteiger partial charge is 0.439 e. The van der Waals surface area contributed by atoms with Gasteiger partial charge < -0.3 is 10.1 Å². The average Bonchev–Trinajstić information content (AvgIpc) is 3.21. The van der Waals surface area contributed by atoms with Crippen molar-refractivity contribution < 1.29 is 4.74 Å². The topological polar surface area (TPSA) is 26.2 Å². The Morgan fingerprint density at radius 3 is 2.32 bits per heavy atom. The Bertz CT molecular complexity index is 1800. The lowest BCUT2D eigenvalue weighted by Gasteiger charge is -2.18. The molecule has 0 aliphatic carbocycles. The maximum atomic E-state index is 6.71. The Labute approximate surface area is 216 Å². The molecule has 2 aliphatic rings. The number of fused-ring (bicyclic) bond motifs is 6. The number of hydrogen-bond acceptors (Lipinski definition) is 2. The molecular formula is C34H24N2O. The number of hydrogen-bond donors (Lipinski definition) is 1. The SMILES string of the molecule is C=C1c2ccccc2/C=C\Nc2cc3c(cc21)c1c(n3-c2ccccc2)Oc2ccccc2C(=C)/C=C\1. The van der Waals surface area contributed by atoms with Crippen molar-refractivity contribution >= 4 is 39.9 Å². The van der Waals surface area contributed by atoms with Crippen LogP contribution in [0.2, 0.25) is 0 Å². The molecule has 0 radical (unpaired) electrons. The van der Waals surface area contributed by atoms with Crippen LogP contribution in [0.25, 0.3) is 39.9 Å². The number of nitrogens with one attached hydrogen (secondary N) is 1. The second-order valence-electron chi connectivity index (χ2n) is 9.30. The Hall–Kier alpha value is -5.02. The summed E-state index contributed by atoms with van der Waals surface area (Å²) in [6.45, 7) is 8.81. The van der Waals surface area contributed by atoms with Crippen LogP contribution in [-0.4, -0.2) is 4.57 Å². The summed E-state index contributed by atoms with van der Waals surface area (Å²) in [6.07, 6.45) is 8.29. The molecule has 0 fully saturated rings. The van der Waals surface area contributed by atoms with Crippen molar-refractivity contribution in [2.45, 2.75) is 0 Å². The number of rotatable bonds is 1. The molecule has 0 saturated heterocycles. The zero-order chi connectivity index (χ0) is 24.9. The van der Waals surface area contributed by atoms with E-state index in [2.05, 4.69) is 102 Å². The van der Waals surface area contributed by atoms with Crippen LogP contribution in [0.5, 0.6) is 11.6 Å². The number of ether oxygens (including phenoxy) is 1. The van der Waals surface area contributed by atoms with E-state index in [9.17, 15) is 0 Å². The van der Waals surface area contributed by atoms with E-state index < -0.39 is 0 Å². The van der Waals surface area contributed by atoms with Crippen LogP contribution >= 0.6 is 0 Å². The van der Waals surface area contributed by atoms with E-state index in [1.165, 1.54) is 0 Å². The second kappa shape index (κ2) is 8.28. The van der Waals surface area contributed by atoms with E-state index in [1.807, 2.05) is 36.5 Å². The molecule has 7 rings (SSSR count). The first kappa shape index (κ1) is 21.3. The summed E-state index contributed by atoms with van der Waals surface area (Å²) in [4.78, 5) is 0. The van der Waals surface area contributed by atoms with Crippen molar-refractivity contribution in [3.8, 4) is 17.3 Å². The van der Waals surface area contributed by atoms with Gasteiger partial charge in [0.05, 0.1) is 5.52 Å². The summed E-state index contributed by atoms with van der Waals surface area (Å²) in [6, 6.07) is 31.2. The smallest absolute Gasteiger partial charge is 0.213 e. The van der Waals surface area contributed by atoms with Gasteiger partial charge in [-0.15, -0.1) is 0 Å². The van der Waals surface area contributed by atoms with Gasteiger partial charge in [-0.2, -0.15) is 0 Å². The first-order valence-corrected chi connectivity index (χ1v) is 12.3. The predicted octanol–water partition coefficient (Wildman–Crippen LogP) is 8.92. The van der Waals surface area contributed by atoms with Gasteiger partial charge in [-0.25, -0.2) is 0 Å². The molecule has 0 amide bonds. The second-order valence-corrected chi connectivity index (χ2v) is 9.30. The minimum Gasteiger partial charge on any atom is -0.439 e. The lowest BCUT2D eigenvalue weighted by Crippen LogP contribution is -2.02. The Balaban J connectivity index is 1.55. The van der Waals surface area contributed by atoms with Crippen molar-refractivity contribution in [2.75, 3.05) is 5.32 Å². The van der Waals surface area contributed by atoms with Crippen LogP contribution in [0, 0.1) is 0 Å². The molecule has 3 heterocycles. The number of allylic oxidation sites excluding steroid dienone is 2. The first-order valence-electron chi connectivity index (χ1n) is 12.3. The van der Waals surface area contributed by atoms with Crippen LogP contribution in [-0.2, 0) is 0 Å². The lowest BCUT2D eigenvalue weighted by atomic mass is 9.91. The van der Waals surface area contributed by atoms with Crippen LogP contribution in [0.15, 0.2) is 116 Å². The quantitative estimate of drug-likeness (QED) is 0.261. The third-order valence-electron chi connectivity index (χ3n) is 7.12. The average molecular weight is 477 g/mol. The van der Waals surface area contributed by atoms with Crippen LogP contribution in [0.1, 0.15) is 27.8 Å². The fourth-order valence-corrected chi connectivity index (χ4v) is 5.28. The molecule has 0 saturated carbocycles. The molecule has 3 heteroatoms. The summed E-state index contributed by atoms with van der Waals surface area (Å²) >= 11 is 0. The van der Waals surface area contributed by atoms with E-state index in [-0.39, 0.29) is 0 Å². The highest BCUT2D eigenvalue weighted by atomic mass is 16.5. The van der Waals surface area contributed by atoms with Gasteiger partial charge in [0, 0.05) is 39.7 Å². The van der Waals surface area contributed by atoms with E-state index in [0.717, 1.165) is 72.9 Å². The standard InChI is InChI=1S/C34H24N2O/c1-22-16-17-28-30-20-29-23(2)27-14-7-6-10-24(27)18-19-35-31(29)21-32(30)36(25-11-4-3-5-12-25)34(28)37-33-15-9-8-13-26(22)33/h3-21,35H,1-2H2/b17-16-,19-18-. The lowest BCUT2D eigenvalue weighted by molar-refractivity contribution is 0.452. The molecule has 37 heavy (non-hydrogen) atoms. The Kier molecular flexibility index (Phi) is 4.76. The van der Waals surface area contributed by atoms with Gasteiger partial charge in [0.15, 0.2) is 0 Å². The van der Waals surface area contributed by atoms with Gasteiger partial charge in [0.25, 0.3) is 0 Å². The first-order chi connectivity index (χ1) is 18.2. The van der Waals surface area contributed by atoms with Gasteiger partial charge in [0.1, 0.15) is 5.75 Å². The molecule has 176 valence electrons. The van der Waals surface area contributed by atoms with Crippen molar-refractivity contribution in [1.29, 1.82) is 0 Å². The van der Waals surface area contributed by atoms with Crippen molar-refractivity contribution in [3.05, 3.63) is 144 Å². The van der Waals surface area contributed by atoms with Crippen molar-refractivity contribution in [1.82, 2.24) is 4.57 Å². The number of nitrogens with zero attached hydrogens (tertiary/aromatic N) is 1. The molecule has 0 unspecified atom stereocenters. The zero-order valence-electron chi connectivity index (χ0n) is 20.2. The number of anilines is 1. The van der Waals surface area contributed by atoms with E-state index in [1.54, 1.807) is 0 Å². The summed E-state index contributed by atoms with van der Waals surface area (Å²) in [5.41, 5.74) is 10.3. The minimum atomic E-state index is 0.775. The Morgan fingerprint density at radius 1 is 0.703 bits per heavy atom. The van der Waals surface area contributed by atoms with Crippen LogP contribution < -0.4 is 10.1 Å². The number of para-hydroxylation sites is 2. The molecule has 2 aliphatic heterocycles. The van der Waals surface area contributed by atoms with Gasteiger partial charge in [-0.1, -0.05) is 79.9 Å². The maximum Gasteiger partial charge on any atom is 0.213 e. The van der Waals surface area contributed by atoms with E-state index in [4.69, 9.17) is 4.74 Å². The molecule has 3 nitrogen and oxygen atoms in total. The summed E-state index contributed by atoms with van der Waals surface area (Å²) in [7, 11) is 0. The van der Waals surface area contributed by atoms with Crippen molar-refractivity contribution in [3.63, 3.8) is 0 Å². The van der Waals surface area contributed by atoms with Gasteiger partial charge in [-0.05, 0) is 64.8 Å². The van der Waals surface area contributed by atoms with Gasteiger partial charge in [-0.3, -0.25) is 4.57 Å². The van der Waals surface area contributed by atoms with Crippen LogP contribution in [0.4, 0.5) is 5.69 Å². The Morgan fingerprint density at radius 2 is 1.46 bits per heavy atom. The third-order valence-corrected chi connectivity index (χ3v) is 7.12. The maximum absolute atomic E-state index is 6.71. The fourth-order valence-electron chi connectivity index (χ4n) is 5.28. The molecule has 1 N–H and O–H groups in total. The van der Waals surface area contributed by atoms with Crippen molar-refractivity contribution in [2.24, 2.45) is 0 Å². The molecule has 0 atom stereocenters. The zero-order valence-corrected chi connectivity index (χ0v) is 20.2. The molecule has 0 bridgehead atoms. The summed E-state index contributed by atoms with van der Waals surface area (Å²) in [5.74, 6) is 1.56. The normalized spacial score (nSPS) is 15.5. The molecule has 5 aromatic rings. The minimum absolute atomic E-state index is 0.775. The molecule has 4 aromatic carbocycles. The monoisotopic (exact) mass is 476 g/mol.